The molecule has 1 aromatic carbocycles. The van der Waals surface area contributed by atoms with Gasteiger partial charge in [-0.15, -0.1) is 0 Å². The Labute approximate surface area is 139 Å². The van der Waals surface area contributed by atoms with Crippen LogP contribution in [0, 0.1) is 12.8 Å². The topological polar surface area (TPSA) is 116 Å². The van der Waals surface area contributed by atoms with Gasteiger partial charge in [-0.2, -0.15) is 18.5 Å². The van der Waals surface area contributed by atoms with Gasteiger partial charge in [0.15, 0.2) is 0 Å². The van der Waals surface area contributed by atoms with Crippen molar-refractivity contribution in [1.82, 2.24) is 5.32 Å². The molecule has 8 nitrogen and oxygen atoms in total. The molecule has 1 atom stereocenters. The lowest BCUT2D eigenvalue weighted by Crippen LogP contribution is -2.35. The maximum atomic E-state index is 12.4. The van der Waals surface area contributed by atoms with E-state index < -0.39 is 32.7 Å². The first-order valence-electron chi connectivity index (χ1n) is 7.00. The fourth-order valence-electron chi connectivity index (χ4n) is 2.08. The highest BCUT2D eigenvalue weighted by atomic mass is 32.2. The van der Waals surface area contributed by atoms with Gasteiger partial charge in [0.2, 0.25) is 0 Å². The van der Waals surface area contributed by atoms with E-state index in [1.807, 2.05) is 0 Å². The smallest absolute Gasteiger partial charge is 0.296 e. The first-order valence-corrected chi connectivity index (χ1v) is 8.44. The van der Waals surface area contributed by atoms with Crippen LogP contribution >= 0.6 is 0 Å². The number of hydrogen-bond acceptors (Lipinski definition) is 5. The minimum absolute atomic E-state index is 0.0786. The molecule has 0 saturated heterocycles. The standard InChI is InChI=1S/C15H17N3O5S/c1-8(2)14(19)16-13-10(4)15(20)18(17-13)11-6-5-9(3)7-12(11)24(21,22)23/h5-7,10H,1H2,2-4H3,(H,16,17,19)(H,21,22,23). The lowest BCUT2D eigenvalue weighted by molar-refractivity contribution is -0.119. The van der Waals surface area contributed by atoms with Crippen molar-refractivity contribution < 1.29 is 22.6 Å². The Morgan fingerprint density at radius 1 is 1.42 bits per heavy atom. The minimum Gasteiger partial charge on any atom is -0.308 e. The summed E-state index contributed by atoms with van der Waals surface area (Å²) in [6, 6.07) is 4.20. The van der Waals surface area contributed by atoms with Crippen molar-refractivity contribution in [2.24, 2.45) is 11.0 Å². The van der Waals surface area contributed by atoms with Gasteiger partial charge in [0.25, 0.3) is 21.9 Å². The molecule has 1 aromatic rings. The molecule has 1 unspecified atom stereocenters. The van der Waals surface area contributed by atoms with Gasteiger partial charge in [0, 0.05) is 5.57 Å². The van der Waals surface area contributed by atoms with Crippen LogP contribution in [0.2, 0.25) is 0 Å². The third-order valence-corrected chi connectivity index (χ3v) is 4.33. The molecule has 24 heavy (non-hydrogen) atoms. The Hall–Kier alpha value is -2.52. The first-order chi connectivity index (χ1) is 11.0. The molecule has 0 radical (unpaired) electrons. The van der Waals surface area contributed by atoms with Gasteiger partial charge in [0.1, 0.15) is 10.7 Å². The largest absolute Gasteiger partial charge is 0.308 e. The lowest BCUT2D eigenvalue weighted by Gasteiger charge is -2.16. The Bertz CT molecular complexity index is 873. The summed E-state index contributed by atoms with van der Waals surface area (Å²) in [5.41, 5.74) is 0.746. The number of carbonyl (C=O) groups is 2. The van der Waals surface area contributed by atoms with Gasteiger partial charge in [-0.05, 0) is 38.5 Å². The summed E-state index contributed by atoms with van der Waals surface area (Å²) in [6.45, 7) is 8.18. The van der Waals surface area contributed by atoms with Gasteiger partial charge in [-0.3, -0.25) is 14.1 Å². The average Bonchev–Trinajstić information content (AvgIpc) is 2.74. The number of benzene rings is 1. The van der Waals surface area contributed by atoms with E-state index in [2.05, 4.69) is 17.0 Å². The second-order valence-electron chi connectivity index (χ2n) is 5.54. The number of anilines is 1. The molecule has 2 N–H and O–H groups in total. The number of nitrogens with one attached hydrogen (secondary N) is 1. The number of rotatable bonds is 3. The van der Waals surface area contributed by atoms with Crippen molar-refractivity contribution in [3.05, 3.63) is 35.9 Å². The van der Waals surface area contributed by atoms with Crippen LogP contribution < -0.4 is 10.3 Å². The number of amides is 2. The van der Waals surface area contributed by atoms with Crippen molar-refractivity contribution in [3.8, 4) is 0 Å². The van der Waals surface area contributed by atoms with Crippen molar-refractivity contribution in [2.45, 2.75) is 25.7 Å². The third-order valence-electron chi connectivity index (χ3n) is 3.45. The van der Waals surface area contributed by atoms with E-state index in [1.54, 1.807) is 13.0 Å². The summed E-state index contributed by atoms with van der Waals surface area (Å²) < 4.78 is 32.6. The molecule has 0 saturated carbocycles. The molecule has 0 fully saturated rings. The number of aryl methyl sites for hydroxylation is 1. The van der Waals surface area contributed by atoms with E-state index in [9.17, 15) is 22.6 Å². The van der Waals surface area contributed by atoms with Crippen molar-refractivity contribution in [1.29, 1.82) is 0 Å². The quantitative estimate of drug-likeness (QED) is 0.627. The van der Waals surface area contributed by atoms with E-state index in [4.69, 9.17) is 0 Å². The molecule has 128 valence electrons. The Morgan fingerprint density at radius 3 is 2.58 bits per heavy atom. The van der Waals surface area contributed by atoms with Gasteiger partial charge >= 0.3 is 0 Å². The van der Waals surface area contributed by atoms with E-state index >= 15 is 0 Å². The fraction of sp³-hybridized carbons (Fsp3) is 0.267. The summed E-state index contributed by atoms with van der Waals surface area (Å²) in [4.78, 5) is 23.7. The molecule has 0 spiro atoms. The Kier molecular flexibility index (Phi) is 4.59. The van der Waals surface area contributed by atoms with Crippen LogP contribution in [0.3, 0.4) is 0 Å². The summed E-state index contributed by atoms with van der Waals surface area (Å²) in [5, 5.41) is 7.33. The highest BCUT2D eigenvalue weighted by molar-refractivity contribution is 7.86. The summed E-state index contributed by atoms with van der Waals surface area (Å²) in [6.07, 6.45) is 0. The third kappa shape index (κ3) is 3.36. The zero-order valence-corrected chi connectivity index (χ0v) is 14.2. The van der Waals surface area contributed by atoms with Gasteiger partial charge in [-0.25, -0.2) is 0 Å². The number of carbonyl (C=O) groups excluding carboxylic acids is 2. The van der Waals surface area contributed by atoms with Crippen LogP contribution in [-0.4, -0.2) is 30.6 Å². The summed E-state index contributed by atoms with van der Waals surface area (Å²) in [7, 11) is -4.55. The second kappa shape index (κ2) is 6.17. The van der Waals surface area contributed by atoms with Gasteiger partial charge < -0.3 is 5.32 Å². The Balaban J connectivity index is 2.50. The zero-order valence-electron chi connectivity index (χ0n) is 13.4. The first kappa shape index (κ1) is 17.8. The summed E-state index contributed by atoms with van der Waals surface area (Å²) in [5.74, 6) is -1.71. The minimum atomic E-state index is -4.55. The molecule has 0 bridgehead atoms. The average molecular weight is 351 g/mol. The van der Waals surface area contributed by atoms with E-state index in [-0.39, 0.29) is 17.1 Å². The van der Waals surface area contributed by atoms with E-state index in [0.717, 1.165) is 5.01 Å². The lowest BCUT2D eigenvalue weighted by atomic mass is 10.1. The highest BCUT2D eigenvalue weighted by Gasteiger charge is 2.36. The zero-order chi connectivity index (χ0) is 18.2. The molecule has 1 heterocycles. The number of nitrogens with zero attached hydrogens (tertiary/aromatic N) is 2. The molecular weight excluding hydrogens is 334 g/mol. The van der Waals surface area contributed by atoms with Gasteiger partial charge in [-0.1, -0.05) is 12.6 Å². The molecule has 1 aliphatic rings. The molecular formula is C15H17N3O5S. The molecule has 2 amide bonds. The van der Waals surface area contributed by atoms with Crippen molar-refractivity contribution in [3.63, 3.8) is 0 Å². The van der Waals surface area contributed by atoms with Crippen LogP contribution in [-0.2, 0) is 19.7 Å². The fourth-order valence-corrected chi connectivity index (χ4v) is 2.83. The van der Waals surface area contributed by atoms with Gasteiger partial charge in [0.05, 0.1) is 11.6 Å². The van der Waals surface area contributed by atoms with Crippen LogP contribution in [0.1, 0.15) is 19.4 Å². The number of amidine groups is 1. The molecule has 0 aromatic heterocycles. The van der Waals surface area contributed by atoms with Crippen LogP contribution in [0.15, 0.2) is 40.3 Å². The predicted molar refractivity (Wildman–Crippen MR) is 88.0 cm³/mol. The maximum absolute atomic E-state index is 12.4. The monoisotopic (exact) mass is 351 g/mol. The normalized spacial score (nSPS) is 17.7. The molecule has 2 rings (SSSR count). The maximum Gasteiger partial charge on any atom is 0.296 e. The molecule has 0 aliphatic carbocycles. The summed E-state index contributed by atoms with van der Waals surface area (Å²) >= 11 is 0. The van der Waals surface area contributed by atoms with E-state index in [0.29, 0.717) is 5.56 Å². The SMILES string of the molecule is C=C(C)C(=O)NC1=NN(c2ccc(C)cc2S(=O)(=O)O)C(=O)C1C. The predicted octanol–water partition coefficient (Wildman–Crippen LogP) is 1.23. The highest BCUT2D eigenvalue weighted by Crippen LogP contribution is 2.30. The molecule has 9 heteroatoms. The van der Waals surface area contributed by atoms with Crippen LogP contribution in [0.4, 0.5) is 5.69 Å². The number of hydrogen-bond donors (Lipinski definition) is 2. The second-order valence-corrected chi connectivity index (χ2v) is 6.93. The van der Waals surface area contributed by atoms with E-state index in [1.165, 1.54) is 26.0 Å². The van der Waals surface area contributed by atoms with Crippen LogP contribution in [0.25, 0.3) is 0 Å². The van der Waals surface area contributed by atoms with Crippen molar-refractivity contribution >= 4 is 33.5 Å². The Morgan fingerprint density at radius 2 is 2.04 bits per heavy atom. The van der Waals surface area contributed by atoms with Crippen molar-refractivity contribution in [2.75, 3.05) is 5.01 Å². The molecule has 1 aliphatic heterocycles. The van der Waals surface area contributed by atoms with Crippen LogP contribution in [0.5, 0.6) is 0 Å². The number of hydrazone groups is 1.